The third kappa shape index (κ3) is 2.58. The van der Waals surface area contributed by atoms with Gasteiger partial charge in [0.15, 0.2) is 5.82 Å². The lowest BCUT2D eigenvalue weighted by Crippen LogP contribution is -2.03. The Hall–Kier alpha value is -3.80. The number of halogens is 1. The highest BCUT2D eigenvalue weighted by molar-refractivity contribution is 5.92. The van der Waals surface area contributed by atoms with Gasteiger partial charge in [0.05, 0.1) is 16.6 Å². The summed E-state index contributed by atoms with van der Waals surface area (Å²) in [6, 6.07) is 16.4. The Kier molecular flexibility index (Phi) is 3.76. The highest BCUT2D eigenvalue weighted by Gasteiger charge is 2.15. The predicted molar refractivity (Wildman–Crippen MR) is 109 cm³/mol. The quantitative estimate of drug-likeness (QED) is 0.496. The zero-order valence-electron chi connectivity index (χ0n) is 15.1. The predicted octanol–water partition coefficient (Wildman–Crippen LogP) is 4.82. The maximum Gasteiger partial charge on any atom is 0.165 e. The summed E-state index contributed by atoms with van der Waals surface area (Å²) in [5, 5.41) is 5.01. The van der Waals surface area contributed by atoms with Crippen molar-refractivity contribution in [1.82, 2.24) is 19.5 Å². The molecule has 3 aromatic heterocycles. The van der Waals surface area contributed by atoms with Crippen LogP contribution in [0.4, 0.5) is 10.1 Å². The van der Waals surface area contributed by atoms with E-state index in [-0.39, 0.29) is 5.82 Å². The fourth-order valence-corrected chi connectivity index (χ4v) is 3.38. The van der Waals surface area contributed by atoms with Gasteiger partial charge < -0.3 is 9.88 Å². The summed E-state index contributed by atoms with van der Waals surface area (Å²) in [4.78, 5) is 13.6. The lowest BCUT2D eigenvalue weighted by molar-refractivity contribution is 0.630. The van der Waals surface area contributed by atoms with Crippen LogP contribution in [0.5, 0.6) is 0 Å². The van der Waals surface area contributed by atoms with Crippen LogP contribution in [-0.2, 0) is 0 Å². The van der Waals surface area contributed by atoms with Gasteiger partial charge in [0.2, 0.25) is 0 Å². The van der Waals surface area contributed by atoms with E-state index in [9.17, 15) is 4.39 Å². The number of benzene rings is 2. The minimum atomic E-state index is -0.348. The first-order valence-corrected chi connectivity index (χ1v) is 8.90. The first kappa shape index (κ1) is 16.4. The third-order valence-corrected chi connectivity index (χ3v) is 4.80. The monoisotopic (exact) mass is 369 g/mol. The Morgan fingerprint density at radius 2 is 1.89 bits per heavy atom. The third-order valence-electron chi connectivity index (χ3n) is 4.80. The summed E-state index contributed by atoms with van der Waals surface area (Å²) in [5.41, 5.74) is 3.02. The van der Waals surface area contributed by atoms with E-state index in [4.69, 9.17) is 4.98 Å². The highest BCUT2D eigenvalue weighted by atomic mass is 19.1. The number of aromatic nitrogens is 4. The average Bonchev–Trinajstić information content (AvgIpc) is 3.17. The lowest BCUT2D eigenvalue weighted by Gasteiger charge is -2.12. The second kappa shape index (κ2) is 6.42. The van der Waals surface area contributed by atoms with Gasteiger partial charge in [-0.1, -0.05) is 12.1 Å². The molecule has 0 aliphatic heterocycles. The molecule has 136 valence electrons. The molecule has 0 amide bonds. The van der Waals surface area contributed by atoms with Crippen LogP contribution in [0.3, 0.4) is 0 Å². The van der Waals surface area contributed by atoms with Crippen LogP contribution in [0.2, 0.25) is 0 Å². The maximum atomic E-state index is 14.4. The van der Waals surface area contributed by atoms with E-state index < -0.39 is 0 Å². The summed E-state index contributed by atoms with van der Waals surface area (Å²) in [6.45, 7) is 0. The molecule has 0 aliphatic carbocycles. The van der Waals surface area contributed by atoms with Crippen molar-refractivity contribution in [1.29, 1.82) is 0 Å². The molecule has 0 aliphatic rings. The van der Waals surface area contributed by atoms with Gasteiger partial charge in [0.1, 0.15) is 11.6 Å². The standard InChI is InChI=1S/C22H16FN5/c1-24-15-6-7-17-19(12-15)26-21(16-4-2-3-5-18(16)23)27-22(17)28-11-9-14-13-25-10-8-20(14)28/h2-13,24H,1H3. The van der Waals surface area contributed by atoms with Crippen molar-refractivity contribution in [3.63, 3.8) is 0 Å². The number of rotatable bonds is 3. The van der Waals surface area contributed by atoms with Gasteiger partial charge in [-0.2, -0.15) is 0 Å². The van der Waals surface area contributed by atoms with E-state index in [0.29, 0.717) is 17.2 Å². The molecule has 28 heavy (non-hydrogen) atoms. The summed E-state index contributed by atoms with van der Waals surface area (Å²) in [6.07, 6.45) is 5.51. The number of hydrogen-bond donors (Lipinski definition) is 1. The zero-order chi connectivity index (χ0) is 19.1. The van der Waals surface area contributed by atoms with Crippen LogP contribution in [0.25, 0.3) is 39.0 Å². The summed E-state index contributed by atoms with van der Waals surface area (Å²) in [7, 11) is 1.85. The Morgan fingerprint density at radius 1 is 1.00 bits per heavy atom. The molecule has 0 saturated heterocycles. The second-order valence-corrected chi connectivity index (χ2v) is 6.45. The summed E-state index contributed by atoms with van der Waals surface area (Å²) in [5.74, 6) is 0.705. The number of pyridine rings is 1. The van der Waals surface area contributed by atoms with Gasteiger partial charge in [0.25, 0.3) is 0 Å². The van der Waals surface area contributed by atoms with Crippen LogP contribution < -0.4 is 5.32 Å². The number of hydrogen-bond acceptors (Lipinski definition) is 4. The molecule has 0 unspecified atom stereocenters. The molecule has 0 bridgehead atoms. The van der Waals surface area contributed by atoms with E-state index in [1.807, 2.05) is 54.3 Å². The van der Waals surface area contributed by atoms with Gasteiger partial charge in [-0.15, -0.1) is 0 Å². The smallest absolute Gasteiger partial charge is 0.165 e. The van der Waals surface area contributed by atoms with Gasteiger partial charge in [0, 0.05) is 42.1 Å². The van der Waals surface area contributed by atoms with Crippen molar-refractivity contribution in [2.75, 3.05) is 12.4 Å². The van der Waals surface area contributed by atoms with Crippen molar-refractivity contribution in [3.05, 3.63) is 79.0 Å². The first-order valence-electron chi connectivity index (χ1n) is 8.90. The molecule has 1 N–H and O–H groups in total. The van der Waals surface area contributed by atoms with Crippen molar-refractivity contribution in [3.8, 4) is 17.2 Å². The number of nitrogens with one attached hydrogen (secondary N) is 1. The summed E-state index contributed by atoms with van der Waals surface area (Å²) < 4.78 is 16.4. The molecule has 6 heteroatoms. The first-order chi connectivity index (χ1) is 13.7. The molecule has 0 fully saturated rings. The average molecular weight is 369 g/mol. The molecule has 0 atom stereocenters. The SMILES string of the molecule is CNc1ccc2c(-n3ccc4cnccc43)nc(-c3ccccc3F)nc2c1. The van der Waals surface area contributed by atoms with Crippen molar-refractivity contribution < 1.29 is 4.39 Å². The normalized spacial score (nSPS) is 11.2. The van der Waals surface area contributed by atoms with Crippen molar-refractivity contribution in [2.24, 2.45) is 0 Å². The minimum Gasteiger partial charge on any atom is -0.388 e. The highest BCUT2D eigenvalue weighted by Crippen LogP contribution is 2.29. The van der Waals surface area contributed by atoms with Crippen molar-refractivity contribution >= 4 is 27.5 Å². The molecule has 5 nitrogen and oxygen atoms in total. The number of nitrogens with zero attached hydrogens (tertiary/aromatic N) is 4. The van der Waals surface area contributed by atoms with Gasteiger partial charge in [-0.25, -0.2) is 14.4 Å². The summed E-state index contributed by atoms with van der Waals surface area (Å²) >= 11 is 0. The molecular formula is C22H16FN5. The lowest BCUT2D eigenvalue weighted by atomic mass is 10.1. The fourth-order valence-electron chi connectivity index (χ4n) is 3.38. The molecule has 5 rings (SSSR count). The molecule has 2 aromatic carbocycles. The van der Waals surface area contributed by atoms with Crippen molar-refractivity contribution in [2.45, 2.75) is 0 Å². The molecule has 5 aromatic rings. The van der Waals surface area contributed by atoms with Gasteiger partial charge in [-0.05, 0) is 42.5 Å². The van der Waals surface area contributed by atoms with Crippen LogP contribution >= 0.6 is 0 Å². The van der Waals surface area contributed by atoms with E-state index in [2.05, 4.69) is 15.3 Å². The molecule has 3 heterocycles. The fraction of sp³-hybridized carbons (Fsp3) is 0.0455. The van der Waals surface area contributed by atoms with Gasteiger partial charge >= 0.3 is 0 Å². The largest absolute Gasteiger partial charge is 0.388 e. The Bertz CT molecular complexity index is 1330. The van der Waals surface area contributed by atoms with E-state index in [0.717, 1.165) is 27.5 Å². The Labute approximate surface area is 160 Å². The van der Waals surface area contributed by atoms with Crippen LogP contribution in [0.1, 0.15) is 0 Å². The number of anilines is 1. The van der Waals surface area contributed by atoms with Crippen LogP contribution in [-0.4, -0.2) is 26.6 Å². The van der Waals surface area contributed by atoms with Crippen LogP contribution in [0.15, 0.2) is 73.2 Å². The Morgan fingerprint density at radius 3 is 2.75 bits per heavy atom. The van der Waals surface area contributed by atoms with E-state index >= 15 is 0 Å². The molecule has 0 radical (unpaired) electrons. The zero-order valence-corrected chi connectivity index (χ0v) is 15.1. The van der Waals surface area contributed by atoms with Crippen LogP contribution in [0, 0.1) is 5.82 Å². The number of fused-ring (bicyclic) bond motifs is 2. The van der Waals surface area contributed by atoms with E-state index in [1.54, 1.807) is 24.4 Å². The van der Waals surface area contributed by atoms with Gasteiger partial charge in [-0.3, -0.25) is 4.98 Å². The Balaban J connectivity index is 1.85. The maximum absolute atomic E-state index is 14.4. The molecule has 0 saturated carbocycles. The molecule has 0 spiro atoms. The molecular weight excluding hydrogens is 353 g/mol. The minimum absolute atomic E-state index is 0.348. The second-order valence-electron chi connectivity index (χ2n) is 6.45. The topological polar surface area (TPSA) is 55.6 Å². The van der Waals surface area contributed by atoms with E-state index in [1.165, 1.54) is 6.07 Å².